The summed E-state index contributed by atoms with van der Waals surface area (Å²) in [5.74, 6) is 0. The third kappa shape index (κ3) is 28.0. The molecule has 6 heteroatoms. The van der Waals surface area contributed by atoms with Crippen LogP contribution in [0, 0.1) is 10.2 Å². The van der Waals surface area contributed by atoms with Gasteiger partial charge in [0.1, 0.15) is 0 Å². The zero-order valence-electron chi connectivity index (χ0n) is 12.6. The molecule has 0 aliphatic heterocycles. The van der Waals surface area contributed by atoms with E-state index in [1.54, 1.807) is 0 Å². The van der Waals surface area contributed by atoms with E-state index >= 15 is 0 Å². The van der Waals surface area contributed by atoms with Gasteiger partial charge in [0.15, 0.2) is 0 Å². The van der Waals surface area contributed by atoms with Crippen molar-refractivity contribution in [1.82, 2.24) is 0 Å². The first-order valence-corrected chi connectivity index (χ1v) is 8.48. The van der Waals surface area contributed by atoms with Crippen molar-refractivity contribution < 1.29 is 48.4 Å². The third-order valence-corrected chi connectivity index (χ3v) is 2.75. The van der Waals surface area contributed by atoms with Gasteiger partial charge < -0.3 is 0 Å². The molecule has 0 saturated carbocycles. The molecule has 0 aromatic rings. The molecule has 0 heterocycles. The van der Waals surface area contributed by atoms with Gasteiger partial charge >= 0.3 is 0 Å². The molecule has 0 saturated heterocycles. The topological polar surface area (TPSA) is 92.2 Å². The Morgan fingerprint density at radius 3 is 0.864 bits per heavy atom. The van der Waals surface area contributed by atoms with Crippen LogP contribution in [0.25, 0.3) is 0 Å². The fraction of sp³-hybridized carbons (Fsp3) is 0.500. The SMILES string of the molecule is C1=CCCCCC=C1.C1=CCCCCC=C1.[O-][Cl+3]([O-])([O-])[O-].[Rh]. The summed E-state index contributed by atoms with van der Waals surface area (Å²) in [5.41, 5.74) is 0. The molecule has 0 fully saturated rings. The summed E-state index contributed by atoms with van der Waals surface area (Å²) in [6, 6.07) is 0. The molecular weight excluding hydrogens is 395 g/mol. The second-order valence-electron chi connectivity index (χ2n) is 4.66. The molecule has 0 atom stereocenters. The second-order valence-corrected chi connectivity index (χ2v) is 5.42. The first-order chi connectivity index (χ1) is 10.0. The molecule has 0 N–H and O–H groups in total. The van der Waals surface area contributed by atoms with E-state index in [0.717, 1.165) is 0 Å². The van der Waals surface area contributed by atoms with E-state index in [1.807, 2.05) is 0 Å². The summed E-state index contributed by atoms with van der Waals surface area (Å²) in [6.45, 7) is 0. The summed E-state index contributed by atoms with van der Waals surface area (Å²) >= 11 is 0. The molecule has 1 radical (unpaired) electrons. The summed E-state index contributed by atoms with van der Waals surface area (Å²) in [5, 5.41) is 0. The molecule has 0 amide bonds. The third-order valence-electron chi connectivity index (χ3n) is 2.75. The minimum Gasteiger partial charge on any atom is -0.222 e. The Morgan fingerprint density at radius 1 is 0.500 bits per heavy atom. The molecule has 129 valence electrons. The van der Waals surface area contributed by atoms with Crippen molar-refractivity contribution in [2.75, 3.05) is 0 Å². The van der Waals surface area contributed by atoms with E-state index in [9.17, 15) is 0 Å². The van der Waals surface area contributed by atoms with Crippen LogP contribution in [0.5, 0.6) is 0 Å². The van der Waals surface area contributed by atoms with E-state index in [-0.39, 0.29) is 19.5 Å². The van der Waals surface area contributed by atoms with Gasteiger partial charge in [-0.3, -0.25) is 0 Å². The van der Waals surface area contributed by atoms with Crippen molar-refractivity contribution in [3.8, 4) is 0 Å². The number of halogens is 1. The van der Waals surface area contributed by atoms with Crippen molar-refractivity contribution in [3.63, 3.8) is 0 Å². The molecule has 2 aliphatic rings. The molecule has 0 unspecified atom stereocenters. The van der Waals surface area contributed by atoms with Crippen LogP contribution in [0.2, 0.25) is 0 Å². The summed E-state index contributed by atoms with van der Waals surface area (Å²) < 4.78 is 34.0. The average Bonchev–Trinajstić information content (AvgIpc) is 2.24. The van der Waals surface area contributed by atoms with Crippen molar-refractivity contribution in [3.05, 3.63) is 48.6 Å². The number of rotatable bonds is 0. The summed E-state index contributed by atoms with van der Waals surface area (Å²) in [7, 11) is -4.94. The van der Waals surface area contributed by atoms with Crippen molar-refractivity contribution in [2.24, 2.45) is 0 Å². The van der Waals surface area contributed by atoms with Gasteiger partial charge in [0.25, 0.3) is 0 Å². The van der Waals surface area contributed by atoms with E-state index in [0.29, 0.717) is 0 Å². The maximum Gasteiger partial charge on any atom is 0 e. The quantitative estimate of drug-likeness (QED) is 0.538. The Hall–Kier alpha value is -0.287. The Kier molecular flexibility index (Phi) is 18.6. The van der Waals surface area contributed by atoms with Gasteiger partial charge in [0.2, 0.25) is 0 Å². The van der Waals surface area contributed by atoms with Crippen LogP contribution < -0.4 is 18.6 Å². The van der Waals surface area contributed by atoms with Crippen LogP contribution in [0.1, 0.15) is 51.4 Å². The Labute approximate surface area is 148 Å². The first kappa shape index (κ1) is 24.0. The van der Waals surface area contributed by atoms with Crippen molar-refractivity contribution in [2.45, 2.75) is 51.4 Å². The van der Waals surface area contributed by atoms with E-state index in [2.05, 4.69) is 48.6 Å². The molecule has 22 heavy (non-hydrogen) atoms. The maximum atomic E-state index is 8.49. The van der Waals surface area contributed by atoms with E-state index < -0.39 is 10.2 Å². The number of allylic oxidation sites excluding steroid dienone is 8. The number of hydrogen-bond donors (Lipinski definition) is 0. The number of hydrogen-bond acceptors (Lipinski definition) is 4. The molecular formula is C16H24ClO4Rh-. The summed E-state index contributed by atoms with van der Waals surface area (Å²) in [4.78, 5) is 0. The van der Waals surface area contributed by atoms with E-state index in [4.69, 9.17) is 18.6 Å². The average molecular weight is 419 g/mol. The Morgan fingerprint density at radius 2 is 0.682 bits per heavy atom. The second kappa shape index (κ2) is 17.1. The fourth-order valence-corrected chi connectivity index (χ4v) is 1.75. The van der Waals surface area contributed by atoms with Crippen molar-refractivity contribution >= 4 is 0 Å². The molecule has 2 aliphatic carbocycles. The van der Waals surface area contributed by atoms with Gasteiger partial charge in [-0.2, -0.15) is 0 Å². The van der Waals surface area contributed by atoms with Crippen LogP contribution in [-0.4, -0.2) is 0 Å². The predicted molar refractivity (Wildman–Crippen MR) is 73.5 cm³/mol. The normalized spacial score (nSPS) is 17.3. The van der Waals surface area contributed by atoms with Gasteiger partial charge in [0.05, 0.1) is 0 Å². The van der Waals surface area contributed by atoms with Crippen molar-refractivity contribution in [1.29, 1.82) is 0 Å². The molecule has 4 nitrogen and oxygen atoms in total. The van der Waals surface area contributed by atoms with E-state index in [1.165, 1.54) is 51.4 Å². The molecule has 0 aromatic heterocycles. The smallest absolute Gasteiger partial charge is 0 e. The van der Waals surface area contributed by atoms with Crippen LogP contribution >= 0.6 is 0 Å². The van der Waals surface area contributed by atoms with Gasteiger partial charge in [0, 0.05) is 19.5 Å². The largest absolute Gasteiger partial charge is 0.222 e. The van der Waals surface area contributed by atoms with Gasteiger partial charge in [-0.05, 0) is 51.4 Å². The maximum absolute atomic E-state index is 8.49. The van der Waals surface area contributed by atoms with Gasteiger partial charge in [-0.15, -0.1) is 10.2 Å². The molecule has 0 aromatic carbocycles. The first-order valence-electron chi connectivity index (χ1n) is 7.25. The fourth-order valence-electron chi connectivity index (χ4n) is 1.75. The summed E-state index contributed by atoms with van der Waals surface area (Å²) in [6.07, 6.45) is 28.0. The van der Waals surface area contributed by atoms with Crippen LogP contribution in [0.3, 0.4) is 0 Å². The minimum absolute atomic E-state index is 0. The minimum atomic E-state index is -4.94. The standard InChI is InChI=1S/2C8H12.ClHO4.Rh/c2*1-2-4-6-8-7-5-3-1;2-1(3,4)5;/h2*1-4H,5-8H2;(H,2,3,4,5);/p-1. The molecule has 0 bridgehead atoms. The molecule has 0 spiro atoms. The zero-order valence-corrected chi connectivity index (χ0v) is 15.0. The van der Waals surface area contributed by atoms with Crippen LogP contribution in [0.15, 0.2) is 48.6 Å². The van der Waals surface area contributed by atoms with Gasteiger partial charge in [-0.25, -0.2) is 18.6 Å². The monoisotopic (exact) mass is 418 g/mol. The van der Waals surface area contributed by atoms with Crippen LogP contribution in [-0.2, 0) is 19.5 Å². The van der Waals surface area contributed by atoms with Crippen LogP contribution in [0.4, 0.5) is 0 Å². The molecule has 2 rings (SSSR count). The zero-order chi connectivity index (χ0) is 15.8. The van der Waals surface area contributed by atoms with Gasteiger partial charge in [-0.1, -0.05) is 48.6 Å². The predicted octanol–water partition coefficient (Wildman–Crippen LogP) is 0.587. The Bertz CT molecular complexity index is 285. The Balaban J connectivity index is 0.